The summed E-state index contributed by atoms with van der Waals surface area (Å²) in [6.45, 7) is 2.46. The first-order valence-electron chi connectivity index (χ1n) is 9.96. The second kappa shape index (κ2) is 8.28. The molecule has 0 unspecified atom stereocenters. The number of anilines is 2. The lowest BCUT2D eigenvalue weighted by Gasteiger charge is -2.11. The number of fused-ring (bicyclic) bond motifs is 1. The largest absolute Gasteiger partial charge is 0.489 e. The van der Waals surface area contributed by atoms with E-state index in [0.29, 0.717) is 6.61 Å². The van der Waals surface area contributed by atoms with Crippen molar-refractivity contribution < 1.29 is 9.26 Å². The zero-order chi connectivity index (χ0) is 21.0. The molecule has 0 saturated heterocycles. The molecular formula is C25H20N4O2. The Morgan fingerprint density at radius 2 is 1.77 bits per heavy atom. The summed E-state index contributed by atoms with van der Waals surface area (Å²) in [7, 11) is 0. The highest BCUT2D eigenvalue weighted by Gasteiger charge is 2.10. The van der Waals surface area contributed by atoms with Crippen molar-refractivity contribution in [3.05, 3.63) is 96.6 Å². The summed E-state index contributed by atoms with van der Waals surface area (Å²) >= 11 is 0. The Hall–Kier alpha value is -4.19. The first-order valence-corrected chi connectivity index (χ1v) is 9.96. The molecule has 5 aromatic rings. The quantitative estimate of drug-likeness (QED) is 0.376. The topological polar surface area (TPSA) is 73.1 Å². The zero-order valence-corrected chi connectivity index (χ0v) is 16.9. The van der Waals surface area contributed by atoms with Crippen LogP contribution in [0, 0.1) is 6.92 Å². The number of benzene rings is 3. The number of hydrogen-bond acceptors (Lipinski definition) is 6. The maximum absolute atomic E-state index is 5.87. The summed E-state index contributed by atoms with van der Waals surface area (Å²) in [6, 6.07) is 24.0. The fraction of sp³-hybridized carbons (Fsp3) is 0.0800. The van der Waals surface area contributed by atoms with Gasteiger partial charge in [0, 0.05) is 16.6 Å². The third-order valence-corrected chi connectivity index (χ3v) is 5.06. The van der Waals surface area contributed by atoms with Gasteiger partial charge in [0.25, 0.3) is 0 Å². The van der Waals surface area contributed by atoms with Gasteiger partial charge in [0.15, 0.2) is 0 Å². The summed E-state index contributed by atoms with van der Waals surface area (Å²) < 4.78 is 11.0. The highest BCUT2D eigenvalue weighted by molar-refractivity contribution is 5.93. The third kappa shape index (κ3) is 4.09. The number of rotatable bonds is 6. The molecule has 2 heterocycles. The van der Waals surface area contributed by atoms with Crippen LogP contribution in [0.25, 0.3) is 22.0 Å². The molecule has 0 fully saturated rings. The summed E-state index contributed by atoms with van der Waals surface area (Å²) in [5.41, 5.74) is 5.72. The predicted octanol–water partition coefficient (Wildman–Crippen LogP) is 5.92. The Morgan fingerprint density at radius 3 is 2.55 bits per heavy atom. The normalized spacial score (nSPS) is 10.9. The average molecular weight is 408 g/mol. The maximum Gasteiger partial charge on any atom is 0.141 e. The summed E-state index contributed by atoms with van der Waals surface area (Å²) in [5, 5.41) is 8.28. The van der Waals surface area contributed by atoms with Crippen LogP contribution in [-0.2, 0) is 6.61 Å². The van der Waals surface area contributed by atoms with Gasteiger partial charge >= 0.3 is 0 Å². The highest BCUT2D eigenvalue weighted by Crippen LogP contribution is 2.30. The Balaban J connectivity index is 1.36. The lowest BCUT2D eigenvalue weighted by molar-refractivity contribution is 0.306. The van der Waals surface area contributed by atoms with E-state index in [1.165, 1.54) is 0 Å². The predicted molar refractivity (Wildman–Crippen MR) is 120 cm³/mol. The minimum Gasteiger partial charge on any atom is -0.489 e. The molecule has 3 aromatic carbocycles. The van der Waals surface area contributed by atoms with E-state index in [0.717, 1.165) is 50.5 Å². The molecule has 0 aliphatic carbocycles. The van der Waals surface area contributed by atoms with Gasteiger partial charge in [-0.15, -0.1) is 0 Å². The van der Waals surface area contributed by atoms with Crippen molar-refractivity contribution in [3.8, 4) is 16.9 Å². The maximum atomic E-state index is 5.87. The number of ether oxygens (including phenoxy) is 1. The third-order valence-electron chi connectivity index (χ3n) is 5.06. The SMILES string of the molecule is Cc1nocc1-c1ccc2ncnc(Nc3ccc(OCc4ccccc4)cc3)c2c1. The van der Waals surface area contributed by atoms with Crippen LogP contribution in [0.3, 0.4) is 0 Å². The molecule has 6 heteroatoms. The first-order chi connectivity index (χ1) is 15.3. The number of nitrogens with zero attached hydrogens (tertiary/aromatic N) is 3. The van der Waals surface area contributed by atoms with Crippen molar-refractivity contribution in [2.24, 2.45) is 0 Å². The van der Waals surface area contributed by atoms with Crippen LogP contribution in [0.2, 0.25) is 0 Å². The lowest BCUT2D eigenvalue weighted by atomic mass is 10.0. The Morgan fingerprint density at radius 1 is 0.935 bits per heavy atom. The van der Waals surface area contributed by atoms with Crippen molar-refractivity contribution in [1.82, 2.24) is 15.1 Å². The Bertz CT molecular complexity index is 1310. The Kier molecular flexibility index (Phi) is 5.02. The van der Waals surface area contributed by atoms with Gasteiger partial charge in [-0.2, -0.15) is 0 Å². The number of nitrogens with one attached hydrogen (secondary N) is 1. The second-order valence-electron chi connectivity index (χ2n) is 7.19. The van der Waals surface area contributed by atoms with E-state index in [4.69, 9.17) is 9.26 Å². The fourth-order valence-corrected chi connectivity index (χ4v) is 3.41. The molecule has 1 N–H and O–H groups in total. The smallest absolute Gasteiger partial charge is 0.141 e. The van der Waals surface area contributed by atoms with Gasteiger partial charge in [-0.3, -0.25) is 0 Å². The van der Waals surface area contributed by atoms with E-state index >= 15 is 0 Å². The molecule has 0 aliphatic rings. The van der Waals surface area contributed by atoms with E-state index in [9.17, 15) is 0 Å². The first kappa shape index (κ1) is 18.8. The van der Waals surface area contributed by atoms with Gasteiger partial charge in [0.2, 0.25) is 0 Å². The minimum absolute atomic E-state index is 0.537. The molecule has 0 radical (unpaired) electrons. The van der Waals surface area contributed by atoms with Crippen LogP contribution >= 0.6 is 0 Å². The van der Waals surface area contributed by atoms with Crippen molar-refractivity contribution in [2.75, 3.05) is 5.32 Å². The van der Waals surface area contributed by atoms with Crippen LogP contribution in [0.15, 0.2) is 89.9 Å². The zero-order valence-electron chi connectivity index (χ0n) is 16.9. The highest BCUT2D eigenvalue weighted by atomic mass is 16.5. The number of aryl methyl sites for hydroxylation is 1. The monoisotopic (exact) mass is 408 g/mol. The van der Waals surface area contributed by atoms with Crippen molar-refractivity contribution in [1.29, 1.82) is 0 Å². The minimum atomic E-state index is 0.537. The standard InChI is InChI=1S/C25H20N4O2/c1-17-23(15-31-29-17)19-7-12-24-22(13-19)25(27-16-26-24)28-20-8-10-21(11-9-20)30-14-18-5-3-2-4-6-18/h2-13,15-16H,14H2,1H3,(H,26,27,28). The van der Waals surface area contributed by atoms with Crippen LogP contribution < -0.4 is 10.1 Å². The van der Waals surface area contributed by atoms with Crippen LogP contribution in [0.1, 0.15) is 11.3 Å². The lowest BCUT2D eigenvalue weighted by Crippen LogP contribution is -1.97. The molecule has 0 atom stereocenters. The molecule has 0 aliphatic heterocycles. The van der Waals surface area contributed by atoms with Gasteiger partial charge < -0.3 is 14.6 Å². The van der Waals surface area contributed by atoms with Gasteiger partial charge in [-0.25, -0.2) is 9.97 Å². The van der Waals surface area contributed by atoms with Gasteiger partial charge in [-0.1, -0.05) is 41.6 Å². The molecule has 0 bridgehead atoms. The number of hydrogen-bond donors (Lipinski definition) is 1. The second-order valence-corrected chi connectivity index (χ2v) is 7.19. The molecular weight excluding hydrogens is 388 g/mol. The average Bonchev–Trinajstić information content (AvgIpc) is 3.25. The van der Waals surface area contributed by atoms with Crippen LogP contribution in [0.4, 0.5) is 11.5 Å². The van der Waals surface area contributed by atoms with E-state index in [1.54, 1.807) is 12.6 Å². The molecule has 0 spiro atoms. The molecule has 152 valence electrons. The van der Waals surface area contributed by atoms with Crippen LogP contribution in [-0.4, -0.2) is 15.1 Å². The molecule has 6 nitrogen and oxygen atoms in total. The fourth-order valence-electron chi connectivity index (χ4n) is 3.41. The summed E-state index contributed by atoms with van der Waals surface area (Å²) in [4.78, 5) is 8.84. The molecule has 31 heavy (non-hydrogen) atoms. The molecule has 0 saturated carbocycles. The Labute approximate surface area is 179 Å². The number of aromatic nitrogens is 3. The van der Waals surface area contributed by atoms with E-state index in [1.807, 2.05) is 73.7 Å². The summed E-state index contributed by atoms with van der Waals surface area (Å²) in [5.74, 6) is 1.55. The molecule has 5 rings (SSSR count). The van der Waals surface area contributed by atoms with Crippen molar-refractivity contribution in [2.45, 2.75) is 13.5 Å². The molecule has 0 amide bonds. The summed E-state index contributed by atoms with van der Waals surface area (Å²) in [6.07, 6.45) is 3.22. The molecule has 2 aromatic heterocycles. The van der Waals surface area contributed by atoms with E-state index < -0.39 is 0 Å². The van der Waals surface area contributed by atoms with Gasteiger partial charge in [0.1, 0.15) is 30.8 Å². The van der Waals surface area contributed by atoms with Gasteiger partial charge in [-0.05, 0) is 54.4 Å². The van der Waals surface area contributed by atoms with Crippen LogP contribution in [0.5, 0.6) is 5.75 Å². The van der Waals surface area contributed by atoms with Crippen molar-refractivity contribution in [3.63, 3.8) is 0 Å². The van der Waals surface area contributed by atoms with Gasteiger partial charge in [0.05, 0.1) is 11.2 Å². The van der Waals surface area contributed by atoms with E-state index in [2.05, 4.69) is 26.5 Å². The van der Waals surface area contributed by atoms with Crippen molar-refractivity contribution >= 4 is 22.4 Å². The van der Waals surface area contributed by atoms with E-state index in [-0.39, 0.29) is 0 Å².